The zero-order chi connectivity index (χ0) is 17.8. The molecule has 0 spiro atoms. The Labute approximate surface area is 145 Å². The highest BCUT2D eigenvalue weighted by molar-refractivity contribution is 5.75. The number of benzene rings is 1. The second-order valence-electron chi connectivity index (χ2n) is 6.00. The minimum Gasteiger partial charge on any atom is -0.353 e. The number of hydrogen-bond acceptors (Lipinski definition) is 3. The number of carbonyl (C=O) groups excluding carboxylic acids is 1. The molecule has 2 heterocycles. The lowest BCUT2D eigenvalue weighted by Gasteiger charge is -2.35. The van der Waals surface area contributed by atoms with Gasteiger partial charge in [0.2, 0.25) is 0 Å². The summed E-state index contributed by atoms with van der Waals surface area (Å²) >= 11 is 0. The summed E-state index contributed by atoms with van der Waals surface area (Å²) in [5.41, 5.74) is 0.266. The summed E-state index contributed by atoms with van der Waals surface area (Å²) in [5.74, 6) is -0.400. The summed E-state index contributed by atoms with van der Waals surface area (Å²) < 4.78 is 26.8. The molecule has 25 heavy (non-hydrogen) atoms. The summed E-state index contributed by atoms with van der Waals surface area (Å²) in [6.45, 7) is 4.16. The molecule has 1 aromatic heterocycles. The van der Waals surface area contributed by atoms with Gasteiger partial charge in [-0.1, -0.05) is 12.1 Å². The minimum atomic E-state index is -0.659. The summed E-state index contributed by atoms with van der Waals surface area (Å²) in [6.07, 6.45) is 1.74. The van der Waals surface area contributed by atoms with Crippen molar-refractivity contribution in [2.24, 2.45) is 0 Å². The number of pyridine rings is 1. The van der Waals surface area contributed by atoms with Gasteiger partial charge in [-0.3, -0.25) is 0 Å². The summed E-state index contributed by atoms with van der Waals surface area (Å²) in [6, 6.07) is 8.31. The number of aromatic nitrogens is 1. The third-order valence-corrected chi connectivity index (χ3v) is 4.31. The number of halogens is 2. The van der Waals surface area contributed by atoms with Gasteiger partial charge < -0.3 is 15.1 Å². The maximum Gasteiger partial charge on any atom is 0.317 e. The minimum absolute atomic E-state index is 0.253. The summed E-state index contributed by atoms with van der Waals surface area (Å²) in [7, 11) is 0. The molecule has 0 radical (unpaired) electrons. The number of carbonyl (C=O) groups is 1. The van der Waals surface area contributed by atoms with Crippen LogP contribution in [0.15, 0.2) is 42.6 Å². The van der Waals surface area contributed by atoms with Crippen LogP contribution >= 0.6 is 0 Å². The maximum absolute atomic E-state index is 13.8. The third kappa shape index (κ3) is 4.04. The van der Waals surface area contributed by atoms with Crippen molar-refractivity contribution in [2.75, 3.05) is 31.1 Å². The molecule has 0 aliphatic carbocycles. The van der Waals surface area contributed by atoms with Crippen LogP contribution in [0.3, 0.4) is 0 Å². The summed E-state index contributed by atoms with van der Waals surface area (Å²) in [5, 5.41) is 2.77. The molecule has 1 N–H and O–H groups in total. The van der Waals surface area contributed by atoms with Crippen LogP contribution in [0, 0.1) is 11.6 Å². The molecule has 7 heteroatoms. The number of urea groups is 1. The lowest BCUT2D eigenvalue weighted by atomic mass is 10.1. The molecule has 1 atom stereocenters. The van der Waals surface area contributed by atoms with E-state index < -0.39 is 17.7 Å². The summed E-state index contributed by atoms with van der Waals surface area (Å²) in [4.78, 5) is 20.5. The molecule has 1 aromatic carbocycles. The molecule has 5 nitrogen and oxygen atoms in total. The molecular formula is C18H20F2N4O. The van der Waals surface area contributed by atoms with E-state index >= 15 is 0 Å². The Kier molecular flexibility index (Phi) is 5.11. The average Bonchev–Trinajstić information content (AvgIpc) is 2.62. The number of hydrogen-bond donors (Lipinski definition) is 1. The van der Waals surface area contributed by atoms with Crippen LogP contribution in [0.5, 0.6) is 0 Å². The van der Waals surface area contributed by atoms with Crippen molar-refractivity contribution in [1.82, 2.24) is 15.2 Å². The van der Waals surface area contributed by atoms with Crippen LogP contribution in [0.2, 0.25) is 0 Å². The lowest BCUT2D eigenvalue weighted by molar-refractivity contribution is 0.191. The van der Waals surface area contributed by atoms with E-state index in [0.717, 1.165) is 11.9 Å². The van der Waals surface area contributed by atoms with Gasteiger partial charge in [0.25, 0.3) is 0 Å². The van der Waals surface area contributed by atoms with Gasteiger partial charge in [-0.05, 0) is 25.1 Å². The molecular weight excluding hydrogens is 326 g/mol. The van der Waals surface area contributed by atoms with Gasteiger partial charge in [-0.15, -0.1) is 0 Å². The molecule has 1 unspecified atom stereocenters. The first-order valence-electron chi connectivity index (χ1n) is 8.21. The number of anilines is 1. The number of nitrogens with zero attached hydrogens (tertiary/aromatic N) is 3. The quantitative estimate of drug-likeness (QED) is 0.930. The van der Waals surface area contributed by atoms with Gasteiger partial charge >= 0.3 is 6.03 Å². The van der Waals surface area contributed by atoms with E-state index in [1.54, 1.807) is 18.0 Å². The fourth-order valence-electron chi connectivity index (χ4n) is 2.89. The second kappa shape index (κ2) is 7.46. The van der Waals surface area contributed by atoms with Crippen LogP contribution in [0.4, 0.5) is 19.4 Å². The van der Waals surface area contributed by atoms with Crippen molar-refractivity contribution < 1.29 is 13.6 Å². The normalized spacial score (nSPS) is 15.8. The van der Waals surface area contributed by atoms with Crippen LogP contribution in [0.25, 0.3) is 0 Å². The number of amides is 2. The number of nitrogens with one attached hydrogen (secondary N) is 1. The molecule has 2 aromatic rings. The van der Waals surface area contributed by atoms with E-state index in [2.05, 4.69) is 15.2 Å². The zero-order valence-corrected chi connectivity index (χ0v) is 14.0. The lowest BCUT2D eigenvalue weighted by Crippen LogP contribution is -2.52. The third-order valence-electron chi connectivity index (χ3n) is 4.31. The number of rotatable bonds is 3. The molecule has 2 amide bonds. The van der Waals surface area contributed by atoms with Crippen molar-refractivity contribution >= 4 is 11.8 Å². The Bertz CT molecular complexity index is 733. The van der Waals surface area contributed by atoms with Gasteiger partial charge in [-0.25, -0.2) is 18.6 Å². The largest absolute Gasteiger partial charge is 0.353 e. The second-order valence-corrected chi connectivity index (χ2v) is 6.00. The highest BCUT2D eigenvalue weighted by atomic mass is 19.1. The maximum atomic E-state index is 13.8. The highest BCUT2D eigenvalue weighted by Gasteiger charge is 2.23. The topological polar surface area (TPSA) is 48.5 Å². The Morgan fingerprint density at radius 2 is 1.92 bits per heavy atom. The average molecular weight is 346 g/mol. The first-order chi connectivity index (χ1) is 12.0. The molecule has 1 fully saturated rings. The van der Waals surface area contributed by atoms with Gasteiger partial charge in [-0.2, -0.15) is 0 Å². The fraction of sp³-hybridized carbons (Fsp3) is 0.333. The van der Waals surface area contributed by atoms with Crippen LogP contribution in [0.1, 0.15) is 18.5 Å². The molecule has 3 rings (SSSR count). The molecule has 1 aliphatic rings. The van der Waals surface area contributed by atoms with E-state index in [9.17, 15) is 13.6 Å². The monoisotopic (exact) mass is 346 g/mol. The Hall–Kier alpha value is -2.70. The molecule has 0 saturated carbocycles. The first kappa shape index (κ1) is 17.1. The van der Waals surface area contributed by atoms with E-state index in [4.69, 9.17) is 0 Å². The molecule has 132 valence electrons. The van der Waals surface area contributed by atoms with E-state index in [0.29, 0.717) is 26.2 Å². The van der Waals surface area contributed by atoms with E-state index in [1.807, 2.05) is 18.2 Å². The van der Waals surface area contributed by atoms with Gasteiger partial charge in [0.15, 0.2) is 0 Å². The van der Waals surface area contributed by atoms with Crippen molar-refractivity contribution in [3.05, 3.63) is 59.8 Å². The van der Waals surface area contributed by atoms with Gasteiger partial charge in [0, 0.05) is 44.0 Å². The van der Waals surface area contributed by atoms with Crippen LogP contribution in [-0.2, 0) is 0 Å². The predicted octanol–water partition coefficient (Wildman–Crippen LogP) is 2.95. The zero-order valence-electron chi connectivity index (χ0n) is 14.0. The predicted molar refractivity (Wildman–Crippen MR) is 91.3 cm³/mol. The van der Waals surface area contributed by atoms with Crippen LogP contribution < -0.4 is 10.2 Å². The van der Waals surface area contributed by atoms with Crippen LogP contribution in [-0.4, -0.2) is 42.1 Å². The SMILES string of the molecule is CC(NC(=O)N1CCN(c2ccccn2)CC1)c1ccc(F)cc1F. The van der Waals surface area contributed by atoms with Crippen molar-refractivity contribution in [3.8, 4) is 0 Å². The van der Waals surface area contributed by atoms with E-state index in [-0.39, 0.29) is 11.6 Å². The fourth-order valence-corrected chi connectivity index (χ4v) is 2.89. The Balaban J connectivity index is 1.56. The Morgan fingerprint density at radius 3 is 2.56 bits per heavy atom. The first-order valence-corrected chi connectivity index (χ1v) is 8.21. The standard InChI is InChI=1S/C18H20F2N4O/c1-13(15-6-5-14(19)12-16(15)20)22-18(25)24-10-8-23(9-11-24)17-4-2-3-7-21-17/h2-7,12-13H,8-11H2,1H3,(H,22,25). The van der Waals surface area contributed by atoms with Crippen molar-refractivity contribution in [2.45, 2.75) is 13.0 Å². The highest BCUT2D eigenvalue weighted by Crippen LogP contribution is 2.18. The van der Waals surface area contributed by atoms with Crippen molar-refractivity contribution in [3.63, 3.8) is 0 Å². The van der Waals surface area contributed by atoms with Crippen molar-refractivity contribution in [1.29, 1.82) is 0 Å². The Morgan fingerprint density at radius 1 is 1.16 bits per heavy atom. The van der Waals surface area contributed by atoms with Gasteiger partial charge in [0.05, 0.1) is 6.04 Å². The van der Waals surface area contributed by atoms with E-state index in [1.165, 1.54) is 12.1 Å². The molecule has 0 bridgehead atoms. The molecule has 1 aliphatic heterocycles. The number of piperazine rings is 1. The smallest absolute Gasteiger partial charge is 0.317 e. The molecule has 1 saturated heterocycles. The van der Waals surface area contributed by atoms with Gasteiger partial charge in [0.1, 0.15) is 17.5 Å².